The maximum absolute atomic E-state index is 15.0. The lowest BCUT2D eigenvalue weighted by Crippen LogP contribution is -2.62. The van der Waals surface area contributed by atoms with Gasteiger partial charge in [0.25, 0.3) is 50.6 Å². The van der Waals surface area contributed by atoms with Gasteiger partial charge in [-0.05, 0) is 109 Å². The first-order valence-corrected chi connectivity index (χ1v) is 42.7. The van der Waals surface area contributed by atoms with Crippen LogP contribution >= 0.6 is 0 Å². The van der Waals surface area contributed by atoms with Crippen LogP contribution in [-0.4, -0.2) is 281 Å². The van der Waals surface area contributed by atoms with Crippen molar-refractivity contribution in [3.63, 3.8) is 0 Å². The molecule has 0 unspecified atom stereocenters. The lowest BCUT2D eigenvalue weighted by atomic mass is 10.00. The molecular formula is C60H106N16O28S5. The zero-order valence-corrected chi connectivity index (χ0v) is 64.9. The van der Waals surface area contributed by atoms with Crippen molar-refractivity contribution in [1.29, 1.82) is 0 Å². The number of benzene rings is 1. The monoisotopic (exact) mass is 1660 g/mol. The quantitative estimate of drug-likeness (QED) is 0.0213. The molecule has 49 heteroatoms. The van der Waals surface area contributed by atoms with E-state index in [1.54, 1.807) is 32.0 Å². The first kappa shape index (κ1) is 97.7. The molecule has 11 amide bonds. The Balaban J connectivity index is 3.02. The standard InChI is InChI=1S/C60H106N16O28S5/c1-6-7-8-9-13-16-48(79)67-40(17-23-61-31-105(90,91)92)55(84)76-50(38(5)78)60(89)72-43(20-26-64-34-108(99,100)101)52(81)70-45-22-28-66-59(88)49(37(4)77)75-56(85)44(21-27-65-35-109(102,103)104)69-51(80)41(18-24-62-32-106(93,94)95)71-57(86)46(29-36(2)3)73-58(87)47(30-39-14-11-10-12-15-39)74-54(83)42(68-53(45)82)19-25-63-33-107(96,97)98/h10-12,14-15,36-38,40-47,49-50,61-65,77-78H,6-9,13,16-35H2,1-5H3,(H,66,88)(H,67,79)(H,68,82)(H,69,80)(H,70,81)(H,71,86)(H,72,89)(H,73,87)(H,74,83)(H,75,85)(H,76,84)(H,90,91,92)(H,93,94,95)(H,96,97,98)(H,99,100,101)(H,102,103,104)/t37-,38+,40+,41+,42+,43+,44+,45+,46+,47-,49+,50+/m1/s1. The molecule has 44 nitrogen and oxygen atoms in total. The van der Waals surface area contributed by atoms with Crippen molar-refractivity contribution in [2.24, 2.45) is 5.92 Å². The molecule has 12 atom stereocenters. The van der Waals surface area contributed by atoms with Gasteiger partial charge in [0, 0.05) is 19.4 Å². The molecule has 23 N–H and O–H groups in total. The predicted molar refractivity (Wildman–Crippen MR) is 388 cm³/mol. The van der Waals surface area contributed by atoms with Crippen molar-refractivity contribution < 1.29 is 128 Å². The second-order valence-electron chi connectivity index (χ2n) is 26.1. The van der Waals surface area contributed by atoms with E-state index in [1.165, 1.54) is 12.1 Å². The summed E-state index contributed by atoms with van der Waals surface area (Å²) in [4.78, 5) is 159. The summed E-state index contributed by atoms with van der Waals surface area (Å²) in [5, 5.41) is 59.8. The molecule has 0 aliphatic carbocycles. The Bertz CT molecular complexity index is 3760. The minimum Gasteiger partial charge on any atom is -0.391 e. The topological polar surface area (TPSA) is 693 Å². The fourth-order valence-corrected chi connectivity index (χ4v) is 12.4. The molecule has 1 saturated heterocycles. The number of amides is 11. The van der Waals surface area contributed by atoms with Crippen LogP contribution in [0.4, 0.5) is 0 Å². The van der Waals surface area contributed by atoms with Gasteiger partial charge in [0.05, 0.1) is 12.2 Å². The van der Waals surface area contributed by atoms with Gasteiger partial charge in [-0.3, -0.25) is 75.5 Å². The number of carbonyl (C=O) groups is 11. The Kier molecular flexibility index (Phi) is 43.4. The molecule has 1 aromatic rings. The van der Waals surface area contributed by atoms with Crippen molar-refractivity contribution in [2.45, 2.75) is 197 Å². The second-order valence-corrected chi connectivity index (χ2v) is 33.4. The third kappa shape index (κ3) is 43.7. The lowest BCUT2D eigenvalue weighted by molar-refractivity contribution is -0.137. The zero-order valence-electron chi connectivity index (χ0n) is 60.8. The number of nitrogens with one attached hydrogen (secondary N) is 16. The minimum absolute atomic E-state index is 0.0810. The molecule has 1 aliphatic heterocycles. The SMILES string of the molecule is CCCCCCCC(=O)N[C@@H](CCNCS(=O)(=O)O)C(=O)N[C@H](C(=O)N[C@@H](CCNCS(=O)(=O)O)C(=O)N[C@H]1CCNC(=O)[C@H]([C@@H](C)O)NC(=O)[C@H](CCNCS(=O)(=O)O)NC(=O)[C@H](CCNCS(=O)(=O)O)NC(=O)[C@H](CC(C)C)NC(=O)[C@@H](Cc2ccccc2)NC(=O)[C@H](CCNCS(=O)(=O)O)NC1=O)[C@H](C)O. The van der Waals surface area contributed by atoms with Crippen LogP contribution in [-0.2, 0) is 110 Å². The smallest absolute Gasteiger partial charge is 0.278 e. The molecule has 2 rings (SSSR count). The Labute approximate surface area is 632 Å². The number of aliphatic hydroxyl groups is 2. The van der Waals surface area contributed by atoms with Crippen molar-refractivity contribution in [3.05, 3.63) is 35.9 Å². The third-order valence-corrected chi connectivity index (χ3v) is 18.8. The van der Waals surface area contributed by atoms with Gasteiger partial charge in [0.15, 0.2) is 0 Å². The van der Waals surface area contributed by atoms with Crippen LogP contribution in [0.1, 0.15) is 124 Å². The minimum atomic E-state index is -4.78. The third-order valence-electron chi connectivity index (χ3n) is 15.9. The first-order valence-electron chi connectivity index (χ1n) is 34.7. The van der Waals surface area contributed by atoms with E-state index in [4.69, 9.17) is 0 Å². The number of carbonyl (C=O) groups excluding carboxylic acids is 11. The fourth-order valence-electron chi connectivity index (χ4n) is 10.4. The normalized spacial score (nSPS) is 20.9. The summed E-state index contributed by atoms with van der Waals surface area (Å²) in [6.07, 6.45) is -4.58. The van der Waals surface area contributed by atoms with E-state index in [-0.39, 0.29) is 25.8 Å². The van der Waals surface area contributed by atoms with Gasteiger partial charge >= 0.3 is 0 Å². The summed E-state index contributed by atoms with van der Waals surface area (Å²) >= 11 is 0. The predicted octanol–water partition coefficient (Wildman–Crippen LogP) is -8.11. The van der Waals surface area contributed by atoms with Gasteiger partial charge in [-0.15, -0.1) is 0 Å². The average Bonchev–Trinajstić information content (AvgIpc) is 1.15. The van der Waals surface area contributed by atoms with E-state index >= 15 is 4.79 Å². The van der Waals surface area contributed by atoms with Gasteiger partial charge < -0.3 is 95.3 Å². The molecular weight excluding hydrogens is 1550 g/mol. The van der Waals surface area contributed by atoms with Gasteiger partial charge in [-0.2, -0.15) is 42.1 Å². The Morgan fingerprint density at radius 2 is 0.872 bits per heavy atom. The largest absolute Gasteiger partial charge is 0.391 e. The maximum atomic E-state index is 15.0. The van der Waals surface area contributed by atoms with Crippen molar-refractivity contribution in [3.8, 4) is 0 Å². The Morgan fingerprint density at radius 1 is 0.468 bits per heavy atom. The van der Waals surface area contributed by atoms with E-state index in [9.17, 15) is 123 Å². The molecule has 1 aromatic carbocycles. The van der Waals surface area contributed by atoms with Crippen molar-refractivity contribution in [2.75, 3.05) is 68.7 Å². The van der Waals surface area contributed by atoms with Crippen LogP contribution in [0.25, 0.3) is 0 Å². The van der Waals surface area contributed by atoms with E-state index < -0.39 is 295 Å². The highest BCUT2D eigenvalue weighted by Gasteiger charge is 2.38. The average molecular weight is 1660 g/mol. The fraction of sp³-hybridized carbons (Fsp3) is 0.717. The van der Waals surface area contributed by atoms with E-state index in [2.05, 4.69) is 85.1 Å². The molecule has 0 saturated carbocycles. The highest BCUT2D eigenvalue weighted by molar-refractivity contribution is 7.86. The summed E-state index contributed by atoms with van der Waals surface area (Å²) in [5.74, 6) is -19.1. The molecule has 1 fully saturated rings. The second kappa shape index (κ2) is 48.4. The highest BCUT2D eigenvalue weighted by atomic mass is 32.2. The highest BCUT2D eigenvalue weighted by Crippen LogP contribution is 2.13. The molecule has 1 aliphatic rings. The van der Waals surface area contributed by atoms with Crippen LogP contribution in [0, 0.1) is 5.92 Å². The zero-order chi connectivity index (χ0) is 82.5. The summed E-state index contributed by atoms with van der Waals surface area (Å²) < 4.78 is 164. The van der Waals surface area contributed by atoms with Crippen LogP contribution in [0.5, 0.6) is 0 Å². The summed E-state index contributed by atoms with van der Waals surface area (Å²) in [5.41, 5.74) is 0.363. The van der Waals surface area contributed by atoms with E-state index in [0.29, 0.717) is 18.4 Å². The number of unbranched alkanes of at least 4 members (excludes halogenated alkanes) is 4. The van der Waals surface area contributed by atoms with Crippen molar-refractivity contribution in [1.82, 2.24) is 85.1 Å². The number of hydrogen-bond acceptors (Lipinski definition) is 28. The molecule has 624 valence electrons. The number of hydrogen-bond donors (Lipinski definition) is 23. The molecule has 0 bridgehead atoms. The van der Waals surface area contributed by atoms with Crippen LogP contribution < -0.4 is 85.1 Å². The van der Waals surface area contributed by atoms with Gasteiger partial charge in [0.1, 0.15) is 89.8 Å². The Hall–Kier alpha value is -7.34. The summed E-state index contributed by atoms with van der Waals surface area (Å²) in [6.45, 7) is 3.91. The van der Waals surface area contributed by atoms with Gasteiger partial charge in [-0.25, -0.2) is 0 Å². The van der Waals surface area contributed by atoms with Crippen molar-refractivity contribution >= 4 is 116 Å². The maximum Gasteiger partial charge on any atom is 0.278 e. The van der Waals surface area contributed by atoms with Crippen LogP contribution in [0.15, 0.2) is 30.3 Å². The summed E-state index contributed by atoms with van der Waals surface area (Å²) in [7, 11) is -23.5. The van der Waals surface area contributed by atoms with E-state index in [0.717, 1.165) is 33.1 Å². The molecule has 0 radical (unpaired) electrons. The van der Waals surface area contributed by atoms with E-state index in [1.807, 2.05) is 6.92 Å². The molecule has 0 aromatic heterocycles. The summed E-state index contributed by atoms with van der Waals surface area (Å²) in [6, 6.07) is -11.0. The molecule has 109 heavy (non-hydrogen) atoms. The molecule has 1 heterocycles. The van der Waals surface area contributed by atoms with Gasteiger partial charge in [0.2, 0.25) is 65.0 Å². The van der Waals surface area contributed by atoms with Crippen LogP contribution in [0.2, 0.25) is 0 Å². The van der Waals surface area contributed by atoms with Crippen LogP contribution in [0.3, 0.4) is 0 Å². The lowest BCUT2D eigenvalue weighted by Gasteiger charge is -2.29. The van der Waals surface area contributed by atoms with Gasteiger partial charge in [-0.1, -0.05) is 76.8 Å². The number of aliphatic hydroxyl groups excluding tert-OH is 2. The first-order chi connectivity index (χ1) is 50.7. The Morgan fingerprint density at radius 3 is 1.31 bits per heavy atom. The molecule has 0 spiro atoms. The number of rotatable bonds is 44.